The quantitative estimate of drug-likeness (QED) is 0.567. The van der Waals surface area contributed by atoms with Gasteiger partial charge in [-0.05, 0) is 49.4 Å². The largest absolute Gasteiger partial charge is 0.316 e. The third-order valence-corrected chi connectivity index (χ3v) is 7.81. The molecule has 8 heteroatoms. The average molecular weight is 420 g/mol. The van der Waals surface area contributed by atoms with E-state index in [1.807, 2.05) is 18.2 Å². The van der Waals surface area contributed by atoms with Crippen LogP contribution >= 0.6 is 46.0 Å². The minimum Gasteiger partial charge on any atom is -0.316 e. The van der Waals surface area contributed by atoms with Crippen molar-refractivity contribution < 1.29 is 4.79 Å². The monoisotopic (exact) mass is 419 g/mol. The summed E-state index contributed by atoms with van der Waals surface area (Å²) in [5.74, 6) is 0.156. The molecule has 1 aromatic carbocycles. The van der Waals surface area contributed by atoms with Crippen molar-refractivity contribution in [1.82, 2.24) is 4.98 Å². The summed E-state index contributed by atoms with van der Waals surface area (Å²) in [5.41, 5.74) is 2.63. The molecule has 0 radical (unpaired) electrons. The third-order valence-electron chi connectivity index (χ3n) is 4.19. The summed E-state index contributed by atoms with van der Waals surface area (Å²) in [6.07, 6.45) is 4.22. The number of aryl methyl sites for hydroxylation is 1. The Balaban J connectivity index is 1.44. The summed E-state index contributed by atoms with van der Waals surface area (Å²) >= 11 is 10.5. The highest BCUT2D eigenvalue weighted by Crippen LogP contribution is 2.38. The molecular weight excluding hydrogens is 406 g/mol. The minimum atomic E-state index is -0.109. The lowest BCUT2D eigenvalue weighted by atomic mass is 9.96. The minimum absolute atomic E-state index is 0.109. The SMILES string of the molecule is N#Cc1c(NC(=O)CSc2nc3cc(Cl)ccc3s2)sc2c1CCCC2. The van der Waals surface area contributed by atoms with Gasteiger partial charge >= 0.3 is 0 Å². The number of nitrogens with one attached hydrogen (secondary N) is 1. The van der Waals surface area contributed by atoms with E-state index in [-0.39, 0.29) is 11.7 Å². The summed E-state index contributed by atoms with van der Waals surface area (Å²) in [4.78, 5) is 18.1. The van der Waals surface area contributed by atoms with Crippen LogP contribution in [0.25, 0.3) is 10.2 Å². The van der Waals surface area contributed by atoms with Crippen LogP contribution in [0.2, 0.25) is 5.02 Å². The molecule has 132 valence electrons. The number of rotatable bonds is 4. The second kappa shape index (κ2) is 7.57. The number of thiophene rings is 1. The molecule has 0 aliphatic heterocycles. The molecule has 0 spiro atoms. The fraction of sp³-hybridized carbons (Fsp3) is 0.278. The maximum atomic E-state index is 12.4. The van der Waals surface area contributed by atoms with Crippen molar-refractivity contribution in [2.24, 2.45) is 0 Å². The van der Waals surface area contributed by atoms with E-state index in [2.05, 4.69) is 16.4 Å². The third kappa shape index (κ3) is 3.60. The van der Waals surface area contributed by atoms with Gasteiger partial charge in [0.05, 0.1) is 21.5 Å². The lowest BCUT2D eigenvalue weighted by Gasteiger charge is -2.09. The van der Waals surface area contributed by atoms with E-state index in [1.54, 1.807) is 22.7 Å². The predicted octanol–water partition coefficient (Wildman–Crippen LogP) is 5.49. The molecule has 0 saturated carbocycles. The van der Waals surface area contributed by atoms with Crippen molar-refractivity contribution in [1.29, 1.82) is 5.26 Å². The molecular formula is C18H14ClN3OS3. The average Bonchev–Trinajstić information content (AvgIpc) is 3.19. The van der Waals surface area contributed by atoms with E-state index >= 15 is 0 Å². The second-order valence-electron chi connectivity index (χ2n) is 5.96. The molecule has 0 unspecified atom stereocenters. The topological polar surface area (TPSA) is 65.8 Å². The van der Waals surface area contributed by atoms with Crippen LogP contribution in [-0.4, -0.2) is 16.6 Å². The normalized spacial score (nSPS) is 13.4. The fourth-order valence-electron chi connectivity index (χ4n) is 3.00. The zero-order valence-electron chi connectivity index (χ0n) is 13.7. The molecule has 0 fully saturated rings. The molecule has 0 bridgehead atoms. The molecule has 1 N–H and O–H groups in total. The fourth-order valence-corrected chi connectivity index (χ4v) is 6.27. The Morgan fingerprint density at radius 1 is 1.35 bits per heavy atom. The van der Waals surface area contributed by atoms with Crippen LogP contribution in [0.5, 0.6) is 0 Å². The van der Waals surface area contributed by atoms with E-state index in [0.29, 0.717) is 15.6 Å². The van der Waals surface area contributed by atoms with Crippen molar-refractivity contribution in [3.63, 3.8) is 0 Å². The van der Waals surface area contributed by atoms with E-state index in [0.717, 1.165) is 45.8 Å². The highest BCUT2D eigenvalue weighted by Gasteiger charge is 2.21. The molecule has 0 atom stereocenters. The first-order valence-electron chi connectivity index (χ1n) is 8.17. The Kier molecular flexibility index (Phi) is 5.18. The summed E-state index contributed by atoms with van der Waals surface area (Å²) < 4.78 is 1.89. The predicted molar refractivity (Wildman–Crippen MR) is 110 cm³/mol. The zero-order valence-corrected chi connectivity index (χ0v) is 16.9. The van der Waals surface area contributed by atoms with Crippen LogP contribution in [0.3, 0.4) is 0 Å². The number of carbonyl (C=O) groups excluding carboxylic acids is 1. The Morgan fingerprint density at radius 3 is 3.04 bits per heavy atom. The van der Waals surface area contributed by atoms with E-state index in [1.165, 1.54) is 16.6 Å². The van der Waals surface area contributed by atoms with Gasteiger partial charge in [0.2, 0.25) is 5.91 Å². The lowest BCUT2D eigenvalue weighted by molar-refractivity contribution is -0.113. The van der Waals surface area contributed by atoms with Crippen molar-refractivity contribution in [2.45, 2.75) is 30.0 Å². The van der Waals surface area contributed by atoms with E-state index in [4.69, 9.17) is 11.6 Å². The summed E-state index contributed by atoms with van der Waals surface area (Å²) in [7, 11) is 0. The molecule has 1 aliphatic carbocycles. The van der Waals surface area contributed by atoms with Crippen LogP contribution in [0.15, 0.2) is 22.5 Å². The maximum Gasteiger partial charge on any atom is 0.235 e. The van der Waals surface area contributed by atoms with Crippen molar-refractivity contribution in [3.05, 3.63) is 39.2 Å². The Bertz CT molecular complexity index is 1030. The summed E-state index contributed by atoms with van der Waals surface area (Å²) in [6.45, 7) is 0. The van der Waals surface area contributed by atoms with Gasteiger partial charge in [0.25, 0.3) is 0 Å². The van der Waals surface area contributed by atoms with Gasteiger partial charge in [-0.25, -0.2) is 4.98 Å². The highest BCUT2D eigenvalue weighted by atomic mass is 35.5. The number of thioether (sulfide) groups is 1. The number of halogens is 1. The van der Waals surface area contributed by atoms with Gasteiger partial charge in [0.15, 0.2) is 4.34 Å². The number of anilines is 1. The van der Waals surface area contributed by atoms with Crippen LogP contribution in [0.1, 0.15) is 28.8 Å². The van der Waals surface area contributed by atoms with Gasteiger partial charge in [0, 0.05) is 9.90 Å². The molecule has 2 heterocycles. The summed E-state index contributed by atoms with van der Waals surface area (Å²) in [5, 5.41) is 13.7. The number of fused-ring (bicyclic) bond motifs is 2. The molecule has 1 amide bonds. The number of nitrogens with zero attached hydrogens (tertiary/aromatic N) is 2. The maximum absolute atomic E-state index is 12.4. The highest BCUT2D eigenvalue weighted by molar-refractivity contribution is 8.01. The van der Waals surface area contributed by atoms with Crippen LogP contribution in [-0.2, 0) is 17.6 Å². The number of thiazole rings is 1. The van der Waals surface area contributed by atoms with Gasteiger partial charge in [0.1, 0.15) is 11.1 Å². The molecule has 3 aromatic rings. The molecule has 4 rings (SSSR count). The van der Waals surface area contributed by atoms with E-state index < -0.39 is 0 Å². The first kappa shape index (κ1) is 17.8. The first-order valence-corrected chi connectivity index (χ1v) is 11.2. The van der Waals surface area contributed by atoms with Gasteiger partial charge in [-0.15, -0.1) is 22.7 Å². The number of carbonyl (C=O) groups is 1. The van der Waals surface area contributed by atoms with Crippen LogP contribution < -0.4 is 5.32 Å². The standard InChI is InChI=1S/C18H14ClN3OS3/c19-10-5-6-15-13(7-10)21-18(26-15)24-9-16(23)22-17-12(8-20)11-3-1-2-4-14(11)25-17/h5-7H,1-4,9H2,(H,22,23). The summed E-state index contributed by atoms with van der Waals surface area (Å²) in [6, 6.07) is 7.88. The number of hydrogen-bond donors (Lipinski definition) is 1. The molecule has 4 nitrogen and oxygen atoms in total. The number of hydrogen-bond acceptors (Lipinski definition) is 6. The van der Waals surface area contributed by atoms with Crippen LogP contribution in [0, 0.1) is 11.3 Å². The van der Waals surface area contributed by atoms with E-state index in [9.17, 15) is 10.1 Å². The van der Waals surface area contributed by atoms with Gasteiger partial charge in [-0.3, -0.25) is 4.79 Å². The Morgan fingerprint density at radius 2 is 2.19 bits per heavy atom. The zero-order chi connectivity index (χ0) is 18.1. The number of amides is 1. The number of nitriles is 1. The molecule has 1 aliphatic rings. The number of aromatic nitrogens is 1. The number of benzene rings is 1. The van der Waals surface area contributed by atoms with Crippen molar-refractivity contribution >= 4 is 67.2 Å². The lowest BCUT2D eigenvalue weighted by Crippen LogP contribution is -2.13. The van der Waals surface area contributed by atoms with Gasteiger partial charge in [-0.1, -0.05) is 23.4 Å². The van der Waals surface area contributed by atoms with Crippen LogP contribution in [0.4, 0.5) is 5.00 Å². The first-order chi connectivity index (χ1) is 12.6. The van der Waals surface area contributed by atoms with Crippen molar-refractivity contribution in [3.8, 4) is 6.07 Å². The molecule has 2 aromatic heterocycles. The van der Waals surface area contributed by atoms with Gasteiger partial charge in [-0.2, -0.15) is 5.26 Å². The molecule has 26 heavy (non-hydrogen) atoms. The van der Waals surface area contributed by atoms with Gasteiger partial charge < -0.3 is 5.32 Å². The smallest absolute Gasteiger partial charge is 0.235 e. The van der Waals surface area contributed by atoms with Crippen molar-refractivity contribution in [2.75, 3.05) is 11.1 Å². The Hall–Kier alpha value is -1.59. The Labute approximate surface area is 168 Å². The molecule has 0 saturated heterocycles. The second-order valence-corrected chi connectivity index (χ2v) is 9.75.